The molecule has 1 saturated heterocycles. The van der Waals surface area contributed by atoms with E-state index < -0.39 is 12.0 Å². The molecule has 0 aromatic carbocycles. The topological polar surface area (TPSA) is 112 Å². The monoisotopic (exact) mass is 310 g/mol. The summed E-state index contributed by atoms with van der Waals surface area (Å²) in [5.74, 6) is -0.441. The zero-order valence-electron chi connectivity index (χ0n) is 12.7. The van der Waals surface area contributed by atoms with Crippen LogP contribution in [0.1, 0.15) is 19.8 Å². The predicted octanol–water partition coefficient (Wildman–Crippen LogP) is 0.0248. The van der Waals surface area contributed by atoms with Gasteiger partial charge in [0.15, 0.2) is 0 Å². The molecule has 0 aromatic heterocycles. The molecule has 2 amide bonds. The van der Waals surface area contributed by atoms with Crippen LogP contribution in [0.5, 0.6) is 0 Å². The number of rotatable bonds is 8. The van der Waals surface area contributed by atoms with Crippen LogP contribution >= 0.6 is 0 Å². The Kier molecular flexibility index (Phi) is 8.45. The summed E-state index contributed by atoms with van der Waals surface area (Å²) < 4.78 is 10.1. The zero-order chi connectivity index (χ0) is 16.2. The van der Waals surface area contributed by atoms with Crippen molar-refractivity contribution in [3.8, 4) is 6.07 Å². The molecule has 122 valence electrons. The molecule has 1 aliphatic rings. The largest absolute Gasteiger partial charge is 0.450 e. The van der Waals surface area contributed by atoms with Gasteiger partial charge >= 0.3 is 6.09 Å². The van der Waals surface area contributed by atoms with Gasteiger partial charge in [0.05, 0.1) is 12.7 Å². The van der Waals surface area contributed by atoms with Crippen molar-refractivity contribution in [1.29, 1.82) is 5.26 Å². The van der Waals surface area contributed by atoms with Crippen molar-refractivity contribution in [2.24, 2.45) is 0 Å². The highest BCUT2D eigenvalue weighted by molar-refractivity contribution is 5.97. The molecule has 0 spiro atoms. The Morgan fingerprint density at radius 1 is 1.41 bits per heavy atom. The van der Waals surface area contributed by atoms with E-state index in [2.05, 4.69) is 20.7 Å². The number of carbonyl (C=O) groups excluding carboxylic acids is 2. The predicted molar refractivity (Wildman–Crippen MR) is 78.7 cm³/mol. The maximum atomic E-state index is 11.8. The molecule has 0 aliphatic carbocycles. The van der Waals surface area contributed by atoms with Crippen molar-refractivity contribution in [2.45, 2.75) is 25.9 Å². The van der Waals surface area contributed by atoms with Gasteiger partial charge in [0.2, 0.25) is 0 Å². The minimum absolute atomic E-state index is 0.0193. The van der Waals surface area contributed by atoms with Crippen LogP contribution in [0.15, 0.2) is 11.8 Å². The number of nitrogens with zero attached hydrogens (tertiary/aromatic N) is 1. The molecule has 1 fully saturated rings. The summed E-state index contributed by atoms with van der Waals surface area (Å²) in [6, 6.07) is 1.83. The number of ether oxygens (including phenoxy) is 2. The second kappa shape index (κ2) is 10.5. The highest BCUT2D eigenvalue weighted by Crippen LogP contribution is 2.10. The van der Waals surface area contributed by atoms with Crippen molar-refractivity contribution in [1.82, 2.24) is 16.0 Å². The fourth-order valence-corrected chi connectivity index (χ4v) is 1.85. The molecule has 3 N–H and O–H groups in total. The fraction of sp³-hybridized carbons (Fsp3) is 0.643. The lowest BCUT2D eigenvalue weighted by Gasteiger charge is -2.10. The van der Waals surface area contributed by atoms with Crippen molar-refractivity contribution >= 4 is 12.0 Å². The second-order valence-corrected chi connectivity index (χ2v) is 4.62. The number of amides is 2. The molecule has 0 radical (unpaired) electrons. The summed E-state index contributed by atoms with van der Waals surface area (Å²) >= 11 is 0. The summed E-state index contributed by atoms with van der Waals surface area (Å²) in [6.07, 6.45) is 2.78. The van der Waals surface area contributed by atoms with Crippen molar-refractivity contribution in [3.05, 3.63) is 11.8 Å². The molecule has 0 aromatic rings. The third kappa shape index (κ3) is 6.95. The summed E-state index contributed by atoms with van der Waals surface area (Å²) in [7, 11) is 0. The standard InChI is InChI=1S/C14H22N4O4/c1-2-21-14(20)17-6-5-16-9-11(8-15)13(19)18-10-12-4-3-7-22-12/h9,12,16H,2-7,10H2,1H3,(H,17,20)(H,18,19)/b11-9-. The Bertz CT molecular complexity index is 439. The Balaban J connectivity index is 2.22. The molecule has 8 heteroatoms. The van der Waals surface area contributed by atoms with E-state index in [0.717, 1.165) is 19.4 Å². The lowest BCUT2D eigenvalue weighted by molar-refractivity contribution is -0.117. The van der Waals surface area contributed by atoms with E-state index in [1.807, 2.05) is 6.07 Å². The highest BCUT2D eigenvalue weighted by Gasteiger charge is 2.17. The van der Waals surface area contributed by atoms with Crippen molar-refractivity contribution in [3.63, 3.8) is 0 Å². The maximum absolute atomic E-state index is 11.8. The van der Waals surface area contributed by atoms with Gasteiger partial charge < -0.3 is 25.4 Å². The second-order valence-electron chi connectivity index (χ2n) is 4.62. The average Bonchev–Trinajstić information content (AvgIpc) is 3.02. The molecular formula is C14H22N4O4. The zero-order valence-corrected chi connectivity index (χ0v) is 12.7. The number of hydrogen-bond acceptors (Lipinski definition) is 6. The van der Waals surface area contributed by atoms with Crippen LogP contribution in [0.25, 0.3) is 0 Å². The molecular weight excluding hydrogens is 288 g/mol. The van der Waals surface area contributed by atoms with E-state index in [4.69, 9.17) is 10.00 Å². The van der Waals surface area contributed by atoms with Crippen molar-refractivity contribution < 1.29 is 19.1 Å². The van der Waals surface area contributed by atoms with E-state index in [0.29, 0.717) is 26.2 Å². The number of carbonyl (C=O) groups is 2. The number of nitriles is 1. The molecule has 22 heavy (non-hydrogen) atoms. The normalized spacial score (nSPS) is 17.5. The van der Waals surface area contributed by atoms with E-state index in [-0.39, 0.29) is 11.7 Å². The molecule has 0 saturated carbocycles. The first-order chi connectivity index (χ1) is 10.7. The molecule has 1 heterocycles. The first kappa shape index (κ1) is 17.8. The Morgan fingerprint density at radius 3 is 2.86 bits per heavy atom. The third-order valence-electron chi connectivity index (χ3n) is 2.94. The van der Waals surface area contributed by atoms with Crippen LogP contribution in [0.4, 0.5) is 4.79 Å². The minimum Gasteiger partial charge on any atom is -0.450 e. The lowest BCUT2D eigenvalue weighted by atomic mass is 10.2. The van der Waals surface area contributed by atoms with Gasteiger partial charge in [-0.05, 0) is 19.8 Å². The van der Waals surface area contributed by atoms with Crippen LogP contribution in [-0.4, -0.2) is 51.0 Å². The lowest BCUT2D eigenvalue weighted by Crippen LogP contribution is -2.34. The highest BCUT2D eigenvalue weighted by atomic mass is 16.5. The van der Waals surface area contributed by atoms with Crippen LogP contribution in [-0.2, 0) is 14.3 Å². The molecule has 0 bridgehead atoms. The summed E-state index contributed by atoms with van der Waals surface area (Å²) in [5.41, 5.74) is -0.0193. The fourth-order valence-electron chi connectivity index (χ4n) is 1.85. The van der Waals surface area contributed by atoms with Gasteiger partial charge in [-0.25, -0.2) is 4.79 Å². The van der Waals surface area contributed by atoms with Crippen LogP contribution in [0.2, 0.25) is 0 Å². The molecule has 1 atom stereocenters. The van der Waals surface area contributed by atoms with Gasteiger partial charge in [0, 0.05) is 32.4 Å². The van der Waals surface area contributed by atoms with Crippen LogP contribution in [0, 0.1) is 11.3 Å². The van der Waals surface area contributed by atoms with E-state index in [1.54, 1.807) is 6.92 Å². The van der Waals surface area contributed by atoms with Gasteiger partial charge in [0.1, 0.15) is 11.6 Å². The first-order valence-corrected chi connectivity index (χ1v) is 7.31. The van der Waals surface area contributed by atoms with Gasteiger partial charge in [-0.2, -0.15) is 5.26 Å². The molecule has 1 unspecified atom stereocenters. The molecule has 8 nitrogen and oxygen atoms in total. The number of nitrogens with one attached hydrogen (secondary N) is 3. The van der Waals surface area contributed by atoms with Crippen molar-refractivity contribution in [2.75, 3.05) is 32.8 Å². The first-order valence-electron chi connectivity index (χ1n) is 7.31. The van der Waals surface area contributed by atoms with E-state index in [1.165, 1.54) is 6.20 Å². The van der Waals surface area contributed by atoms with E-state index in [9.17, 15) is 9.59 Å². The van der Waals surface area contributed by atoms with Gasteiger partial charge in [-0.15, -0.1) is 0 Å². The Morgan fingerprint density at radius 2 is 2.23 bits per heavy atom. The minimum atomic E-state index is -0.497. The number of hydrogen-bond donors (Lipinski definition) is 3. The Labute approximate surface area is 129 Å². The maximum Gasteiger partial charge on any atom is 0.407 e. The quantitative estimate of drug-likeness (QED) is 0.331. The SMILES string of the molecule is CCOC(=O)NCCN/C=C(/C#N)C(=O)NCC1CCCO1. The van der Waals surface area contributed by atoms with Gasteiger partial charge in [-0.3, -0.25) is 4.79 Å². The molecule has 1 aliphatic heterocycles. The smallest absolute Gasteiger partial charge is 0.407 e. The average molecular weight is 310 g/mol. The van der Waals surface area contributed by atoms with Gasteiger partial charge in [0.25, 0.3) is 5.91 Å². The van der Waals surface area contributed by atoms with E-state index >= 15 is 0 Å². The van der Waals surface area contributed by atoms with Gasteiger partial charge in [-0.1, -0.05) is 0 Å². The Hall–Kier alpha value is -2.27. The van der Waals surface area contributed by atoms with Crippen LogP contribution in [0.3, 0.4) is 0 Å². The summed E-state index contributed by atoms with van der Waals surface area (Å²) in [6.45, 7) is 3.85. The third-order valence-corrected chi connectivity index (χ3v) is 2.94. The molecule has 1 rings (SSSR count). The van der Waals surface area contributed by atoms with Crippen LogP contribution < -0.4 is 16.0 Å². The number of alkyl carbamates (subject to hydrolysis) is 1. The summed E-state index contributed by atoms with van der Waals surface area (Å²) in [5, 5.41) is 16.9. The summed E-state index contributed by atoms with van der Waals surface area (Å²) in [4.78, 5) is 22.8.